The normalized spacial score (nSPS) is 6.78. The number of amides is 1. The lowest BCUT2D eigenvalue weighted by Crippen LogP contribution is -2.20. The summed E-state index contributed by atoms with van der Waals surface area (Å²) in [5, 5.41) is 2.50. The van der Waals surface area contributed by atoms with Crippen molar-refractivity contribution < 1.29 is 4.79 Å². The van der Waals surface area contributed by atoms with E-state index in [1.807, 2.05) is 0 Å². The fourth-order valence-corrected chi connectivity index (χ4v) is 0.292. The van der Waals surface area contributed by atoms with Crippen molar-refractivity contribution in [2.24, 2.45) is 0 Å². The van der Waals surface area contributed by atoms with Gasteiger partial charge >= 0.3 is 0 Å². The molecule has 1 N–H and O–H groups in total. The molecule has 2 nitrogen and oxygen atoms in total. The first kappa shape index (κ1) is 7.77. The zero-order chi connectivity index (χ0) is 7.11. The second-order valence-corrected chi connectivity index (χ2v) is 1.35. The summed E-state index contributed by atoms with van der Waals surface area (Å²) in [7, 11) is 0. The monoisotopic (exact) mass is 123 g/mol. The van der Waals surface area contributed by atoms with Crippen molar-refractivity contribution in [3.63, 3.8) is 0 Å². The van der Waals surface area contributed by atoms with Gasteiger partial charge in [0.05, 0.1) is 6.54 Å². The second-order valence-electron chi connectivity index (χ2n) is 1.35. The van der Waals surface area contributed by atoms with Crippen molar-refractivity contribution in [1.82, 2.24) is 5.32 Å². The molecule has 2 heteroatoms. The average Bonchev–Trinajstić information content (AvgIpc) is 1.89. The first-order valence-corrected chi connectivity index (χ1v) is 2.61. The minimum atomic E-state index is -0.183. The zero-order valence-electron chi connectivity index (χ0n) is 5.40. The third-order valence-electron chi connectivity index (χ3n) is 0.713. The molecule has 0 rings (SSSR count). The van der Waals surface area contributed by atoms with Gasteiger partial charge in [-0.15, -0.1) is 5.92 Å². The van der Waals surface area contributed by atoms with Crippen molar-refractivity contribution in [3.05, 3.63) is 12.7 Å². The summed E-state index contributed by atoms with van der Waals surface area (Å²) in [5.41, 5.74) is 0. The lowest BCUT2D eigenvalue weighted by atomic mass is 10.5. The maximum atomic E-state index is 10.4. The number of carbonyl (C=O) groups excluding carboxylic acids is 1. The van der Waals surface area contributed by atoms with Crippen LogP contribution in [0.15, 0.2) is 12.7 Å². The van der Waals surface area contributed by atoms with Gasteiger partial charge in [-0.25, -0.2) is 0 Å². The van der Waals surface area contributed by atoms with E-state index >= 15 is 0 Å². The fraction of sp³-hybridized carbons (Fsp3) is 0.286. The summed E-state index contributed by atoms with van der Waals surface area (Å²) >= 11 is 0. The Balaban J connectivity index is 3.35. The largest absolute Gasteiger partial charge is 0.342 e. The molecule has 0 aliphatic rings. The van der Waals surface area contributed by atoms with E-state index in [1.165, 1.54) is 6.08 Å². The first-order valence-electron chi connectivity index (χ1n) is 2.61. The Morgan fingerprint density at radius 3 is 3.00 bits per heavy atom. The number of hydrogen-bond donors (Lipinski definition) is 1. The predicted molar refractivity (Wildman–Crippen MR) is 36.7 cm³/mol. The van der Waals surface area contributed by atoms with Crippen LogP contribution in [-0.4, -0.2) is 12.5 Å². The molecule has 0 saturated carbocycles. The minimum Gasteiger partial charge on any atom is -0.342 e. The van der Waals surface area contributed by atoms with Gasteiger partial charge in [0.1, 0.15) is 0 Å². The SMILES string of the molecule is C=CC(=O)NCC#CC. The van der Waals surface area contributed by atoms with Crippen LogP contribution in [0.4, 0.5) is 0 Å². The molecule has 0 aromatic rings. The fourth-order valence-electron chi connectivity index (χ4n) is 0.292. The van der Waals surface area contributed by atoms with E-state index in [2.05, 4.69) is 23.7 Å². The molecule has 0 heterocycles. The summed E-state index contributed by atoms with van der Waals surface area (Å²) < 4.78 is 0. The molecule has 0 aromatic carbocycles. The second kappa shape index (κ2) is 4.92. The number of hydrogen-bond acceptors (Lipinski definition) is 1. The summed E-state index contributed by atoms with van der Waals surface area (Å²) in [5.74, 6) is 5.15. The van der Waals surface area contributed by atoms with Gasteiger partial charge in [-0.3, -0.25) is 4.79 Å². The Morgan fingerprint density at radius 1 is 1.89 bits per heavy atom. The molecular weight excluding hydrogens is 114 g/mol. The van der Waals surface area contributed by atoms with Gasteiger partial charge in [-0.05, 0) is 13.0 Å². The highest BCUT2D eigenvalue weighted by Crippen LogP contribution is 1.63. The average molecular weight is 123 g/mol. The molecule has 0 radical (unpaired) electrons. The van der Waals surface area contributed by atoms with E-state index < -0.39 is 0 Å². The van der Waals surface area contributed by atoms with E-state index in [4.69, 9.17) is 0 Å². The first-order chi connectivity index (χ1) is 4.31. The maximum absolute atomic E-state index is 10.4. The molecule has 48 valence electrons. The van der Waals surface area contributed by atoms with Crippen LogP contribution in [0.1, 0.15) is 6.92 Å². The number of carbonyl (C=O) groups is 1. The van der Waals surface area contributed by atoms with E-state index in [0.29, 0.717) is 6.54 Å². The van der Waals surface area contributed by atoms with Crippen molar-refractivity contribution in [3.8, 4) is 11.8 Å². The smallest absolute Gasteiger partial charge is 0.244 e. The highest BCUT2D eigenvalue weighted by molar-refractivity contribution is 5.86. The Hall–Kier alpha value is -1.23. The third-order valence-corrected chi connectivity index (χ3v) is 0.713. The van der Waals surface area contributed by atoms with Gasteiger partial charge < -0.3 is 5.32 Å². The standard InChI is InChI=1S/C7H9NO/c1-3-5-6-8-7(9)4-2/h4H,2,6H2,1H3,(H,8,9). The van der Waals surface area contributed by atoms with E-state index in [9.17, 15) is 4.79 Å². The van der Waals surface area contributed by atoms with Crippen LogP contribution in [0.25, 0.3) is 0 Å². The molecule has 0 aromatic heterocycles. The van der Waals surface area contributed by atoms with E-state index in [-0.39, 0.29) is 5.91 Å². The van der Waals surface area contributed by atoms with Gasteiger partial charge in [0, 0.05) is 0 Å². The summed E-state index contributed by atoms with van der Waals surface area (Å²) in [6.07, 6.45) is 1.22. The van der Waals surface area contributed by atoms with Gasteiger partial charge in [0.15, 0.2) is 0 Å². The van der Waals surface area contributed by atoms with Crippen LogP contribution in [0.2, 0.25) is 0 Å². The van der Waals surface area contributed by atoms with E-state index in [0.717, 1.165) is 0 Å². The van der Waals surface area contributed by atoms with Crippen LogP contribution in [0, 0.1) is 11.8 Å². The topological polar surface area (TPSA) is 29.1 Å². The van der Waals surface area contributed by atoms with Gasteiger partial charge in [-0.1, -0.05) is 12.5 Å². The van der Waals surface area contributed by atoms with Gasteiger partial charge in [0.2, 0.25) is 5.91 Å². The van der Waals surface area contributed by atoms with E-state index in [1.54, 1.807) is 6.92 Å². The lowest BCUT2D eigenvalue weighted by Gasteiger charge is -1.90. The predicted octanol–water partition coefficient (Wildman–Crippen LogP) is 0.312. The molecule has 0 bridgehead atoms. The Labute approximate surface area is 54.9 Å². The quantitative estimate of drug-likeness (QED) is 0.415. The highest BCUT2D eigenvalue weighted by atomic mass is 16.1. The van der Waals surface area contributed by atoms with Crippen LogP contribution < -0.4 is 5.32 Å². The highest BCUT2D eigenvalue weighted by Gasteiger charge is 1.85. The molecular formula is C7H9NO. The molecule has 0 spiro atoms. The number of rotatable bonds is 2. The molecule has 0 atom stereocenters. The Kier molecular flexibility index (Phi) is 4.25. The summed E-state index contributed by atoms with van der Waals surface area (Å²) in [6, 6.07) is 0. The van der Waals surface area contributed by atoms with Crippen LogP contribution >= 0.6 is 0 Å². The molecule has 0 unspecified atom stereocenters. The van der Waals surface area contributed by atoms with Crippen LogP contribution in [-0.2, 0) is 4.79 Å². The maximum Gasteiger partial charge on any atom is 0.244 e. The zero-order valence-corrected chi connectivity index (χ0v) is 5.40. The molecule has 0 aliphatic carbocycles. The summed E-state index contributed by atoms with van der Waals surface area (Å²) in [6.45, 7) is 5.41. The van der Waals surface area contributed by atoms with Crippen LogP contribution in [0.5, 0.6) is 0 Å². The molecule has 0 aliphatic heterocycles. The number of nitrogens with one attached hydrogen (secondary N) is 1. The molecule has 0 saturated heterocycles. The molecule has 0 fully saturated rings. The Bertz CT molecular complexity index is 161. The van der Waals surface area contributed by atoms with Gasteiger partial charge in [-0.2, -0.15) is 0 Å². The third kappa shape index (κ3) is 4.63. The lowest BCUT2D eigenvalue weighted by molar-refractivity contribution is -0.116. The molecule has 1 amide bonds. The Morgan fingerprint density at radius 2 is 2.56 bits per heavy atom. The minimum absolute atomic E-state index is 0.183. The summed E-state index contributed by atoms with van der Waals surface area (Å²) in [4.78, 5) is 10.4. The van der Waals surface area contributed by atoms with Gasteiger partial charge in [0.25, 0.3) is 0 Å². The van der Waals surface area contributed by atoms with Crippen molar-refractivity contribution >= 4 is 5.91 Å². The molecule has 9 heavy (non-hydrogen) atoms. The van der Waals surface area contributed by atoms with Crippen molar-refractivity contribution in [2.75, 3.05) is 6.54 Å². The van der Waals surface area contributed by atoms with Crippen LogP contribution in [0.3, 0.4) is 0 Å². The van der Waals surface area contributed by atoms with Crippen molar-refractivity contribution in [1.29, 1.82) is 0 Å². The van der Waals surface area contributed by atoms with Crippen molar-refractivity contribution in [2.45, 2.75) is 6.92 Å².